The van der Waals surface area contributed by atoms with Crippen LogP contribution in [0.15, 0.2) is 24.5 Å². The van der Waals surface area contributed by atoms with Crippen molar-refractivity contribution in [3.63, 3.8) is 0 Å². The Morgan fingerprint density at radius 2 is 2.21 bits per heavy atom. The van der Waals surface area contributed by atoms with Gasteiger partial charge < -0.3 is 5.32 Å². The third-order valence-corrected chi connectivity index (χ3v) is 5.74. The molecule has 3 unspecified atom stereocenters. The Morgan fingerprint density at radius 3 is 2.79 bits per heavy atom. The standard InChI is InChI=1S/C14H22N2O2S/c1-15-14(12-6-4-8-16-10-12)11-5-3-7-13(9-11)19(2,17)18/h4,6,8,10-11,13-15H,3,5,7,9H2,1-2H3. The molecule has 0 aliphatic heterocycles. The monoisotopic (exact) mass is 282 g/mol. The van der Waals surface area contributed by atoms with E-state index in [1.54, 1.807) is 6.20 Å². The van der Waals surface area contributed by atoms with Crippen LogP contribution in [0.4, 0.5) is 0 Å². The van der Waals surface area contributed by atoms with Crippen LogP contribution in [0.25, 0.3) is 0 Å². The van der Waals surface area contributed by atoms with E-state index in [1.807, 2.05) is 19.3 Å². The number of hydrogen-bond acceptors (Lipinski definition) is 4. The molecule has 19 heavy (non-hydrogen) atoms. The summed E-state index contributed by atoms with van der Waals surface area (Å²) in [7, 11) is -0.994. The highest BCUT2D eigenvalue weighted by molar-refractivity contribution is 7.91. The highest BCUT2D eigenvalue weighted by Gasteiger charge is 2.33. The zero-order chi connectivity index (χ0) is 13.9. The predicted molar refractivity (Wildman–Crippen MR) is 76.6 cm³/mol. The van der Waals surface area contributed by atoms with Crippen molar-refractivity contribution < 1.29 is 8.42 Å². The number of pyridine rings is 1. The fourth-order valence-corrected chi connectivity index (χ4v) is 4.30. The maximum atomic E-state index is 11.7. The van der Waals surface area contributed by atoms with Crippen LogP contribution in [0.1, 0.15) is 37.3 Å². The zero-order valence-electron chi connectivity index (χ0n) is 11.5. The Bertz CT molecular complexity index is 501. The van der Waals surface area contributed by atoms with Crippen LogP contribution in [0, 0.1) is 5.92 Å². The molecule has 3 atom stereocenters. The van der Waals surface area contributed by atoms with Crippen LogP contribution in [-0.4, -0.2) is 32.0 Å². The van der Waals surface area contributed by atoms with Gasteiger partial charge in [0.25, 0.3) is 0 Å². The minimum atomic E-state index is -2.93. The largest absolute Gasteiger partial charge is 0.313 e. The molecule has 1 aromatic heterocycles. The maximum absolute atomic E-state index is 11.7. The first-order valence-electron chi connectivity index (χ1n) is 6.78. The molecule has 1 aromatic rings. The second kappa shape index (κ2) is 6.01. The minimum Gasteiger partial charge on any atom is -0.313 e. The Labute approximate surface area is 115 Å². The van der Waals surface area contributed by atoms with E-state index in [1.165, 1.54) is 6.26 Å². The van der Waals surface area contributed by atoms with Crippen molar-refractivity contribution in [1.29, 1.82) is 0 Å². The third kappa shape index (κ3) is 3.54. The molecule has 2 rings (SSSR count). The van der Waals surface area contributed by atoms with E-state index < -0.39 is 9.84 Å². The molecule has 0 aromatic carbocycles. The molecule has 0 radical (unpaired) electrons. The highest BCUT2D eigenvalue weighted by Crippen LogP contribution is 2.36. The zero-order valence-corrected chi connectivity index (χ0v) is 12.4. The lowest BCUT2D eigenvalue weighted by atomic mass is 9.81. The van der Waals surface area contributed by atoms with Crippen molar-refractivity contribution in [2.24, 2.45) is 5.92 Å². The predicted octanol–water partition coefficient (Wildman–Crippen LogP) is 1.95. The van der Waals surface area contributed by atoms with Crippen molar-refractivity contribution >= 4 is 9.84 Å². The summed E-state index contributed by atoms with van der Waals surface area (Å²) in [5, 5.41) is 3.14. The van der Waals surface area contributed by atoms with Gasteiger partial charge in [0, 0.05) is 24.7 Å². The normalized spacial score (nSPS) is 26.0. The van der Waals surface area contributed by atoms with Crippen molar-refractivity contribution in [3.8, 4) is 0 Å². The minimum absolute atomic E-state index is 0.182. The Kier molecular flexibility index (Phi) is 4.58. The molecule has 0 bridgehead atoms. The molecular formula is C14H22N2O2S. The van der Waals surface area contributed by atoms with E-state index in [0.717, 1.165) is 31.2 Å². The lowest BCUT2D eigenvalue weighted by Gasteiger charge is -2.33. The van der Waals surface area contributed by atoms with Gasteiger partial charge in [-0.2, -0.15) is 0 Å². The first-order valence-corrected chi connectivity index (χ1v) is 8.74. The number of sulfone groups is 1. The molecule has 0 spiro atoms. The molecule has 1 aliphatic carbocycles. The molecule has 1 N–H and O–H groups in total. The van der Waals surface area contributed by atoms with Gasteiger partial charge in [-0.1, -0.05) is 12.5 Å². The lowest BCUT2D eigenvalue weighted by molar-refractivity contribution is 0.282. The molecular weight excluding hydrogens is 260 g/mol. The summed E-state index contributed by atoms with van der Waals surface area (Å²) in [4.78, 5) is 4.16. The summed E-state index contributed by atoms with van der Waals surface area (Å²) < 4.78 is 23.5. The topological polar surface area (TPSA) is 59.1 Å². The van der Waals surface area contributed by atoms with E-state index in [2.05, 4.69) is 16.4 Å². The first kappa shape index (κ1) is 14.5. The number of hydrogen-bond donors (Lipinski definition) is 1. The summed E-state index contributed by atoms with van der Waals surface area (Å²) >= 11 is 0. The van der Waals surface area contributed by atoms with Crippen molar-refractivity contribution in [3.05, 3.63) is 30.1 Å². The second-order valence-electron chi connectivity index (χ2n) is 5.43. The Hall–Kier alpha value is -0.940. The number of rotatable bonds is 4. The van der Waals surface area contributed by atoms with Gasteiger partial charge in [0.05, 0.1) is 5.25 Å². The van der Waals surface area contributed by atoms with Gasteiger partial charge >= 0.3 is 0 Å². The number of aromatic nitrogens is 1. The van der Waals surface area contributed by atoms with Crippen LogP contribution in [0.5, 0.6) is 0 Å². The average Bonchev–Trinajstić information content (AvgIpc) is 2.40. The Morgan fingerprint density at radius 1 is 1.42 bits per heavy atom. The van der Waals surface area contributed by atoms with Crippen molar-refractivity contribution in [2.45, 2.75) is 37.0 Å². The summed E-state index contributed by atoms with van der Waals surface area (Å²) in [6, 6.07) is 4.17. The van der Waals surface area contributed by atoms with Crippen LogP contribution >= 0.6 is 0 Å². The number of nitrogens with zero attached hydrogens (tertiary/aromatic N) is 1. The molecule has 1 saturated carbocycles. The van der Waals surface area contributed by atoms with E-state index in [0.29, 0.717) is 5.92 Å². The quantitative estimate of drug-likeness (QED) is 0.917. The molecule has 1 heterocycles. The summed E-state index contributed by atoms with van der Waals surface area (Å²) in [6.45, 7) is 0. The summed E-state index contributed by atoms with van der Waals surface area (Å²) in [5.41, 5.74) is 1.14. The number of nitrogens with one attached hydrogen (secondary N) is 1. The average molecular weight is 282 g/mol. The van der Waals surface area contributed by atoms with E-state index in [-0.39, 0.29) is 11.3 Å². The second-order valence-corrected chi connectivity index (χ2v) is 7.76. The van der Waals surface area contributed by atoms with Gasteiger partial charge in [-0.15, -0.1) is 0 Å². The van der Waals surface area contributed by atoms with E-state index >= 15 is 0 Å². The fraction of sp³-hybridized carbons (Fsp3) is 0.643. The molecule has 1 fully saturated rings. The maximum Gasteiger partial charge on any atom is 0.150 e. The SMILES string of the molecule is CNC(c1cccnc1)C1CCCC(S(C)(=O)=O)C1. The molecule has 0 amide bonds. The highest BCUT2D eigenvalue weighted by atomic mass is 32.2. The lowest BCUT2D eigenvalue weighted by Crippen LogP contribution is -2.34. The summed E-state index contributed by atoms with van der Waals surface area (Å²) in [6.07, 6.45) is 8.60. The van der Waals surface area contributed by atoms with Gasteiger partial charge in [0.15, 0.2) is 0 Å². The molecule has 4 nitrogen and oxygen atoms in total. The van der Waals surface area contributed by atoms with Crippen molar-refractivity contribution in [2.75, 3.05) is 13.3 Å². The van der Waals surface area contributed by atoms with Crippen LogP contribution in [0.2, 0.25) is 0 Å². The van der Waals surface area contributed by atoms with Gasteiger partial charge in [0.1, 0.15) is 9.84 Å². The third-order valence-electron chi connectivity index (χ3n) is 4.10. The van der Waals surface area contributed by atoms with Crippen molar-refractivity contribution in [1.82, 2.24) is 10.3 Å². The van der Waals surface area contributed by atoms with Gasteiger partial charge in [0.2, 0.25) is 0 Å². The molecule has 106 valence electrons. The van der Waals surface area contributed by atoms with Gasteiger partial charge in [-0.25, -0.2) is 8.42 Å². The molecule has 1 aliphatic rings. The van der Waals surface area contributed by atoms with E-state index in [4.69, 9.17) is 0 Å². The first-order chi connectivity index (χ1) is 9.02. The van der Waals surface area contributed by atoms with Gasteiger partial charge in [-0.3, -0.25) is 4.98 Å². The smallest absolute Gasteiger partial charge is 0.150 e. The molecule has 5 heteroatoms. The van der Waals surface area contributed by atoms with Crippen LogP contribution in [-0.2, 0) is 9.84 Å². The van der Waals surface area contributed by atoms with Gasteiger partial charge in [-0.05, 0) is 43.9 Å². The fourth-order valence-electron chi connectivity index (χ4n) is 3.11. The van der Waals surface area contributed by atoms with E-state index in [9.17, 15) is 8.42 Å². The molecule has 0 saturated heterocycles. The van der Waals surface area contributed by atoms with Crippen LogP contribution in [0.3, 0.4) is 0 Å². The van der Waals surface area contributed by atoms with Crippen LogP contribution < -0.4 is 5.32 Å². The Balaban J connectivity index is 2.15. The summed E-state index contributed by atoms with van der Waals surface area (Å²) in [5.74, 6) is 0.364.